The van der Waals surface area contributed by atoms with Crippen LogP contribution in [0.4, 0.5) is 4.39 Å². The molecule has 0 bridgehead atoms. The Morgan fingerprint density at radius 2 is 2.24 bits per heavy atom. The molecule has 0 heterocycles. The summed E-state index contributed by atoms with van der Waals surface area (Å²) in [6.45, 7) is 2.38. The number of rotatable bonds is 6. The molecule has 0 aliphatic heterocycles. The minimum atomic E-state index is -0.393. The summed E-state index contributed by atoms with van der Waals surface area (Å²) in [7, 11) is 3.87. The van der Waals surface area contributed by atoms with E-state index in [1.54, 1.807) is 12.1 Å². The van der Waals surface area contributed by atoms with Gasteiger partial charge in [0.2, 0.25) is 0 Å². The first-order valence-electron chi connectivity index (χ1n) is 5.69. The molecule has 0 atom stereocenters. The van der Waals surface area contributed by atoms with Crippen molar-refractivity contribution in [1.82, 2.24) is 10.2 Å². The topological polar surface area (TPSA) is 39.1 Å². The lowest BCUT2D eigenvalue weighted by atomic mass is 10.1. The summed E-state index contributed by atoms with van der Waals surface area (Å²) in [6, 6.07) is 6.81. The van der Waals surface area contributed by atoms with E-state index in [9.17, 15) is 4.39 Å². The van der Waals surface area contributed by atoms with Crippen LogP contribution in [-0.4, -0.2) is 32.1 Å². The van der Waals surface area contributed by atoms with Crippen LogP contribution in [0.3, 0.4) is 0 Å². The number of nitriles is 1. The van der Waals surface area contributed by atoms with Gasteiger partial charge in [-0.05, 0) is 39.7 Å². The number of hydrogen-bond acceptors (Lipinski definition) is 3. The number of nitrogens with one attached hydrogen (secondary N) is 1. The molecule has 4 heteroatoms. The van der Waals surface area contributed by atoms with Gasteiger partial charge in [0.25, 0.3) is 0 Å². The summed E-state index contributed by atoms with van der Waals surface area (Å²) in [5, 5.41) is 11.8. The first kappa shape index (κ1) is 13.6. The van der Waals surface area contributed by atoms with E-state index in [1.807, 2.05) is 20.2 Å². The number of halogens is 1. The van der Waals surface area contributed by atoms with Gasteiger partial charge in [0, 0.05) is 12.1 Å². The van der Waals surface area contributed by atoms with Crippen molar-refractivity contribution in [3.8, 4) is 6.07 Å². The molecule has 0 amide bonds. The molecule has 1 aromatic rings. The van der Waals surface area contributed by atoms with Crippen molar-refractivity contribution >= 4 is 0 Å². The molecule has 92 valence electrons. The maximum Gasteiger partial charge on any atom is 0.145 e. The molecule has 3 nitrogen and oxygen atoms in total. The van der Waals surface area contributed by atoms with Crippen molar-refractivity contribution < 1.29 is 4.39 Å². The Balaban J connectivity index is 2.59. The molecule has 0 spiro atoms. The Hall–Kier alpha value is -1.44. The summed E-state index contributed by atoms with van der Waals surface area (Å²) in [5.41, 5.74) is 0.696. The first-order valence-corrected chi connectivity index (χ1v) is 5.69. The summed E-state index contributed by atoms with van der Waals surface area (Å²) in [6.07, 6.45) is 1.02. The van der Waals surface area contributed by atoms with Gasteiger partial charge in [-0.3, -0.25) is 0 Å². The van der Waals surface area contributed by atoms with Crippen LogP contribution >= 0.6 is 0 Å². The molecule has 0 fully saturated rings. The average Bonchev–Trinajstić information content (AvgIpc) is 2.32. The van der Waals surface area contributed by atoms with E-state index in [4.69, 9.17) is 5.26 Å². The van der Waals surface area contributed by atoms with Crippen LogP contribution in [-0.2, 0) is 6.54 Å². The Labute approximate surface area is 102 Å². The zero-order valence-corrected chi connectivity index (χ0v) is 10.3. The van der Waals surface area contributed by atoms with Crippen LogP contribution < -0.4 is 5.32 Å². The van der Waals surface area contributed by atoms with E-state index in [0.29, 0.717) is 12.1 Å². The molecule has 0 saturated heterocycles. The van der Waals surface area contributed by atoms with Gasteiger partial charge in [-0.15, -0.1) is 0 Å². The fraction of sp³-hybridized carbons (Fsp3) is 0.462. The summed E-state index contributed by atoms with van der Waals surface area (Å²) in [5.74, 6) is -0.393. The van der Waals surface area contributed by atoms with Crippen molar-refractivity contribution in [3.63, 3.8) is 0 Å². The van der Waals surface area contributed by atoms with Crippen LogP contribution in [0.2, 0.25) is 0 Å². The second-order valence-electron chi connectivity index (χ2n) is 4.09. The maximum absolute atomic E-state index is 13.8. The van der Waals surface area contributed by atoms with Crippen LogP contribution in [0, 0.1) is 17.1 Å². The second kappa shape index (κ2) is 7.00. The van der Waals surface area contributed by atoms with Crippen molar-refractivity contribution in [2.45, 2.75) is 13.0 Å². The fourth-order valence-corrected chi connectivity index (χ4v) is 1.68. The van der Waals surface area contributed by atoms with Gasteiger partial charge >= 0.3 is 0 Å². The Morgan fingerprint density at radius 1 is 1.47 bits per heavy atom. The average molecular weight is 235 g/mol. The molecular formula is C13H18FN3. The SMILES string of the molecule is CNCCCN(C)Cc1cccc(C#N)c1F. The molecule has 0 saturated carbocycles. The molecule has 0 aliphatic carbocycles. The second-order valence-corrected chi connectivity index (χ2v) is 4.09. The smallest absolute Gasteiger partial charge is 0.145 e. The van der Waals surface area contributed by atoms with Gasteiger partial charge in [0.1, 0.15) is 11.9 Å². The molecule has 0 aliphatic rings. The van der Waals surface area contributed by atoms with Gasteiger partial charge in [-0.1, -0.05) is 12.1 Å². The van der Waals surface area contributed by atoms with Gasteiger partial charge in [0.15, 0.2) is 0 Å². The maximum atomic E-state index is 13.8. The van der Waals surface area contributed by atoms with Crippen LogP contribution in [0.1, 0.15) is 17.5 Å². The summed E-state index contributed by atoms with van der Waals surface area (Å²) in [4.78, 5) is 2.05. The summed E-state index contributed by atoms with van der Waals surface area (Å²) < 4.78 is 13.8. The standard InChI is InChI=1S/C13H18FN3/c1-16-7-4-8-17(2)10-12-6-3-5-11(9-15)13(12)14/h3,5-6,16H,4,7-8,10H2,1-2H3. The summed E-state index contributed by atoms with van der Waals surface area (Å²) >= 11 is 0. The molecule has 1 aromatic carbocycles. The minimum Gasteiger partial charge on any atom is -0.320 e. The van der Waals surface area contributed by atoms with Crippen molar-refractivity contribution in [1.29, 1.82) is 5.26 Å². The zero-order valence-electron chi connectivity index (χ0n) is 10.3. The van der Waals surface area contributed by atoms with Gasteiger partial charge in [-0.2, -0.15) is 5.26 Å². The molecule has 1 rings (SSSR count). The van der Waals surface area contributed by atoms with Crippen molar-refractivity contribution in [3.05, 3.63) is 35.1 Å². The highest BCUT2D eigenvalue weighted by molar-refractivity contribution is 5.34. The number of hydrogen-bond donors (Lipinski definition) is 1. The van der Waals surface area contributed by atoms with Gasteiger partial charge in [0.05, 0.1) is 5.56 Å². The minimum absolute atomic E-state index is 0.117. The third-order valence-electron chi connectivity index (χ3n) is 2.61. The zero-order chi connectivity index (χ0) is 12.7. The Kier molecular flexibility index (Phi) is 5.61. The predicted molar refractivity (Wildman–Crippen MR) is 66.0 cm³/mol. The van der Waals surface area contributed by atoms with Crippen molar-refractivity contribution in [2.75, 3.05) is 27.2 Å². The predicted octanol–water partition coefficient (Wildman–Crippen LogP) is 1.74. The lowest BCUT2D eigenvalue weighted by Gasteiger charge is -2.17. The number of nitrogens with zero attached hydrogens (tertiary/aromatic N) is 2. The lowest BCUT2D eigenvalue weighted by molar-refractivity contribution is 0.316. The van der Waals surface area contributed by atoms with E-state index in [-0.39, 0.29) is 5.56 Å². The van der Waals surface area contributed by atoms with Gasteiger partial charge in [-0.25, -0.2) is 4.39 Å². The highest BCUT2D eigenvalue weighted by Gasteiger charge is 2.09. The Bertz CT molecular complexity index is 398. The van der Waals surface area contributed by atoms with E-state index in [1.165, 1.54) is 6.07 Å². The quantitative estimate of drug-likeness (QED) is 0.763. The molecule has 0 aromatic heterocycles. The van der Waals surface area contributed by atoms with Crippen LogP contribution in [0.5, 0.6) is 0 Å². The highest BCUT2D eigenvalue weighted by atomic mass is 19.1. The number of benzene rings is 1. The normalized spacial score (nSPS) is 10.5. The van der Waals surface area contributed by atoms with E-state index < -0.39 is 5.82 Å². The van der Waals surface area contributed by atoms with Crippen LogP contribution in [0.25, 0.3) is 0 Å². The molecule has 0 unspecified atom stereocenters. The largest absolute Gasteiger partial charge is 0.320 e. The molecular weight excluding hydrogens is 217 g/mol. The van der Waals surface area contributed by atoms with Crippen LogP contribution in [0.15, 0.2) is 18.2 Å². The van der Waals surface area contributed by atoms with E-state index >= 15 is 0 Å². The molecule has 1 N–H and O–H groups in total. The van der Waals surface area contributed by atoms with E-state index in [0.717, 1.165) is 19.5 Å². The lowest BCUT2D eigenvalue weighted by Crippen LogP contribution is -2.23. The third kappa shape index (κ3) is 4.14. The van der Waals surface area contributed by atoms with E-state index in [2.05, 4.69) is 10.2 Å². The third-order valence-corrected chi connectivity index (χ3v) is 2.61. The highest BCUT2D eigenvalue weighted by Crippen LogP contribution is 2.13. The van der Waals surface area contributed by atoms with Gasteiger partial charge < -0.3 is 10.2 Å². The molecule has 0 radical (unpaired) electrons. The molecule has 17 heavy (non-hydrogen) atoms. The van der Waals surface area contributed by atoms with Crippen molar-refractivity contribution in [2.24, 2.45) is 0 Å². The Morgan fingerprint density at radius 3 is 2.88 bits per heavy atom. The monoisotopic (exact) mass is 235 g/mol. The first-order chi connectivity index (χ1) is 8.19. The fourth-order valence-electron chi connectivity index (χ4n) is 1.68.